The molecule has 3 rings (SSSR count). The number of nitrogens with two attached hydrogens (primary N) is 1. The van der Waals surface area contributed by atoms with Crippen molar-refractivity contribution in [2.45, 2.75) is 19.1 Å². The van der Waals surface area contributed by atoms with Gasteiger partial charge in [0.15, 0.2) is 0 Å². The summed E-state index contributed by atoms with van der Waals surface area (Å²) in [5.41, 5.74) is 8.62. The SMILES string of the molecule is Cc1ccc(NC(=O)CSC(C)c2nc(N)nc(Nc3ccccc3)n2)cc1. The first kappa shape index (κ1) is 19.6. The number of hydrogen-bond acceptors (Lipinski definition) is 7. The van der Waals surface area contributed by atoms with Crippen LogP contribution in [-0.2, 0) is 4.79 Å². The number of thioether (sulfide) groups is 1. The highest BCUT2D eigenvalue weighted by atomic mass is 32.2. The van der Waals surface area contributed by atoms with Gasteiger partial charge in [-0.25, -0.2) is 0 Å². The fourth-order valence-corrected chi connectivity index (χ4v) is 3.13. The molecule has 0 spiro atoms. The number of hydrogen-bond donors (Lipinski definition) is 3. The molecule has 0 aliphatic carbocycles. The Morgan fingerprint density at radius 2 is 1.75 bits per heavy atom. The molecule has 0 aliphatic heterocycles. The van der Waals surface area contributed by atoms with Crippen LogP contribution >= 0.6 is 11.8 Å². The van der Waals surface area contributed by atoms with Gasteiger partial charge in [-0.05, 0) is 38.1 Å². The van der Waals surface area contributed by atoms with Crippen LogP contribution in [0, 0.1) is 6.92 Å². The van der Waals surface area contributed by atoms with Crippen molar-refractivity contribution < 1.29 is 4.79 Å². The predicted octanol–water partition coefficient (Wildman–Crippen LogP) is 3.94. The molecule has 4 N–H and O–H groups in total. The number of amides is 1. The molecule has 0 fully saturated rings. The van der Waals surface area contributed by atoms with Crippen LogP contribution in [0.3, 0.4) is 0 Å². The Morgan fingerprint density at radius 1 is 1.04 bits per heavy atom. The van der Waals surface area contributed by atoms with Gasteiger partial charge in [0.05, 0.1) is 11.0 Å². The molecule has 0 saturated carbocycles. The van der Waals surface area contributed by atoms with Gasteiger partial charge in [0.1, 0.15) is 5.82 Å². The minimum atomic E-state index is -0.120. The summed E-state index contributed by atoms with van der Waals surface area (Å²) < 4.78 is 0. The third kappa shape index (κ3) is 5.68. The Labute approximate surface area is 168 Å². The second kappa shape index (κ2) is 9.18. The molecule has 1 unspecified atom stereocenters. The minimum Gasteiger partial charge on any atom is -0.368 e. The quantitative estimate of drug-likeness (QED) is 0.557. The van der Waals surface area contributed by atoms with Gasteiger partial charge in [-0.3, -0.25) is 4.79 Å². The number of carbonyl (C=O) groups is 1. The molecule has 0 aliphatic rings. The van der Waals surface area contributed by atoms with Crippen LogP contribution in [0.1, 0.15) is 23.6 Å². The minimum absolute atomic E-state index is 0.0784. The molecule has 1 atom stereocenters. The van der Waals surface area contributed by atoms with Gasteiger partial charge in [0.2, 0.25) is 17.8 Å². The number of nitrogen functional groups attached to an aromatic ring is 1. The third-order valence-corrected chi connectivity index (χ3v) is 5.00. The smallest absolute Gasteiger partial charge is 0.234 e. The van der Waals surface area contributed by atoms with Crippen LogP contribution in [0.15, 0.2) is 54.6 Å². The molecule has 0 saturated heterocycles. The van der Waals surface area contributed by atoms with Crippen molar-refractivity contribution in [2.75, 3.05) is 22.1 Å². The fourth-order valence-electron chi connectivity index (χ4n) is 2.41. The molecule has 1 heterocycles. The summed E-state index contributed by atoms with van der Waals surface area (Å²) in [6, 6.07) is 17.3. The van der Waals surface area contributed by atoms with E-state index < -0.39 is 0 Å². The van der Waals surface area contributed by atoms with Crippen molar-refractivity contribution in [3.05, 3.63) is 66.0 Å². The topological polar surface area (TPSA) is 106 Å². The molecule has 3 aromatic rings. The van der Waals surface area contributed by atoms with Gasteiger partial charge < -0.3 is 16.4 Å². The highest BCUT2D eigenvalue weighted by Gasteiger charge is 2.15. The van der Waals surface area contributed by atoms with Gasteiger partial charge in [0, 0.05) is 11.4 Å². The zero-order valence-electron chi connectivity index (χ0n) is 15.7. The highest BCUT2D eigenvalue weighted by Crippen LogP contribution is 2.27. The second-order valence-electron chi connectivity index (χ2n) is 6.23. The van der Waals surface area contributed by atoms with Crippen LogP contribution in [0.25, 0.3) is 0 Å². The molecule has 7 nitrogen and oxygen atoms in total. The zero-order chi connectivity index (χ0) is 19.9. The zero-order valence-corrected chi connectivity index (χ0v) is 16.5. The van der Waals surface area contributed by atoms with Gasteiger partial charge in [-0.15, -0.1) is 11.8 Å². The molecule has 8 heteroatoms. The van der Waals surface area contributed by atoms with E-state index in [0.29, 0.717) is 11.8 Å². The van der Waals surface area contributed by atoms with Gasteiger partial charge >= 0.3 is 0 Å². The molecule has 2 aromatic carbocycles. The number of aromatic nitrogens is 3. The molecule has 144 valence electrons. The van der Waals surface area contributed by atoms with E-state index in [1.54, 1.807) is 0 Å². The van der Waals surface area contributed by atoms with Crippen molar-refractivity contribution in [1.82, 2.24) is 15.0 Å². The standard InChI is InChI=1S/C20H22N6OS/c1-13-8-10-16(11-9-13)22-17(27)12-28-14(2)18-24-19(21)26-20(25-18)23-15-6-4-3-5-7-15/h3-11,14H,12H2,1-2H3,(H,22,27)(H3,21,23,24,25,26). The highest BCUT2D eigenvalue weighted by molar-refractivity contribution is 8.00. The molecule has 0 radical (unpaired) electrons. The largest absolute Gasteiger partial charge is 0.368 e. The van der Waals surface area contributed by atoms with Crippen LogP contribution < -0.4 is 16.4 Å². The van der Waals surface area contributed by atoms with E-state index in [2.05, 4.69) is 25.6 Å². The van der Waals surface area contributed by atoms with Crippen molar-refractivity contribution in [2.24, 2.45) is 0 Å². The van der Waals surface area contributed by atoms with E-state index in [-0.39, 0.29) is 22.9 Å². The van der Waals surface area contributed by atoms with Crippen molar-refractivity contribution in [1.29, 1.82) is 0 Å². The predicted molar refractivity (Wildman–Crippen MR) is 115 cm³/mol. The van der Waals surface area contributed by atoms with Crippen LogP contribution in [0.4, 0.5) is 23.3 Å². The summed E-state index contributed by atoms with van der Waals surface area (Å²) >= 11 is 1.44. The van der Waals surface area contributed by atoms with Crippen molar-refractivity contribution in [3.8, 4) is 0 Å². The van der Waals surface area contributed by atoms with E-state index in [1.165, 1.54) is 11.8 Å². The number of carbonyl (C=O) groups excluding carboxylic acids is 1. The van der Waals surface area contributed by atoms with E-state index in [0.717, 1.165) is 16.9 Å². The number of anilines is 4. The van der Waals surface area contributed by atoms with Crippen molar-refractivity contribution >= 4 is 40.9 Å². The maximum atomic E-state index is 12.2. The maximum Gasteiger partial charge on any atom is 0.234 e. The number of nitrogens with zero attached hydrogens (tertiary/aromatic N) is 3. The summed E-state index contributed by atoms with van der Waals surface area (Å²) in [7, 11) is 0. The number of rotatable bonds is 7. The van der Waals surface area contributed by atoms with Crippen molar-refractivity contribution in [3.63, 3.8) is 0 Å². The van der Waals surface area contributed by atoms with Gasteiger partial charge in [-0.2, -0.15) is 15.0 Å². The summed E-state index contributed by atoms with van der Waals surface area (Å²) in [4.78, 5) is 25.0. The second-order valence-corrected chi connectivity index (χ2v) is 7.56. The number of aryl methyl sites for hydroxylation is 1. The monoisotopic (exact) mass is 394 g/mol. The van der Waals surface area contributed by atoms with Gasteiger partial charge in [-0.1, -0.05) is 35.9 Å². The first-order chi connectivity index (χ1) is 13.5. The molecule has 1 amide bonds. The Kier molecular flexibility index (Phi) is 6.44. The summed E-state index contributed by atoms with van der Waals surface area (Å²) in [5, 5.41) is 5.87. The summed E-state index contributed by atoms with van der Waals surface area (Å²) in [5.74, 6) is 1.25. The first-order valence-electron chi connectivity index (χ1n) is 8.81. The lowest BCUT2D eigenvalue weighted by atomic mass is 10.2. The maximum absolute atomic E-state index is 12.2. The van der Waals surface area contributed by atoms with Crippen LogP contribution in [-0.4, -0.2) is 26.6 Å². The first-order valence-corrected chi connectivity index (χ1v) is 9.86. The molecule has 0 bridgehead atoms. The number of para-hydroxylation sites is 1. The number of benzene rings is 2. The van der Waals surface area contributed by atoms with Crippen LogP contribution in [0.2, 0.25) is 0 Å². The van der Waals surface area contributed by atoms with E-state index in [1.807, 2.05) is 68.4 Å². The average molecular weight is 395 g/mol. The molecular weight excluding hydrogens is 372 g/mol. The molecular formula is C20H22N6OS. The van der Waals surface area contributed by atoms with Gasteiger partial charge in [0.25, 0.3) is 0 Å². The van der Waals surface area contributed by atoms with E-state index in [4.69, 9.17) is 5.73 Å². The van der Waals surface area contributed by atoms with E-state index >= 15 is 0 Å². The molecule has 1 aromatic heterocycles. The molecule has 28 heavy (non-hydrogen) atoms. The van der Waals surface area contributed by atoms with Crippen LogP contribution in [0.5, 0.6) is 0 Å². The lowest BCUT2D eigenvalue weighted by Gasteiger charge is -2.12. The summed E-state index contributed by atoms with van der Waals surface area (Å²) in [6.45, 7) is 3.94. The lowest BCUT2D eigenvalue weighted by Crippen LogP contribution is -2.15. The fraction of sp³-hybridized carbons (Fsp3) is 0.200. The Hall–Kier alpha value is -3.13. The Morgan fingerprint density at radius 3 is 2.46 bits per heavy atom. The Balaban J connectivity index is 1.59. The normalized spacial score (nSPS) is 11.6. The lowest BCUT2D eigenvalue weighted by molar-refractivity contribution is -0.113. The number of nitrogens with one attached hydrogen (secondary N) is 2. The third-order valence-electron chi connectivity index (χ3n) is 3.86. The van der Waals surface area contributed by atoms with E-state index in [9.17, 15) is 4.79 Å². The Bertz CT molecular complexity index is 933. The summed E-state index contributed by atoms with van der Waals surface area (Å²) in [6.07, 6.45) is 0. The average Bonchev–Trinajstić information content (AvgIpc) is 2.68.